The number of amides is 1. The van der Waals surface area contributed by atoms with Gasteiger partial charge in [-0.3, -0.25) is 9.59 Å². The zero-order chi connectivity index (χ0) is 17.6. The van der Waals surface area contributed by atoms with Crippen molar-refractivity contribution >= 4 is 22.8 Å². The van der Waals surface area contributed by atoms with Crippen LogP contribution >= 0.6 is 11.8 Å². The number of para-hydroxylation sites is 1. The minimum atomic E-state index is 0.0775. The van der Waals surface area contributed by atoms with Crippen molar-refractivity contribution in [3.05, 3.63) is 60.2 Å². The maximum atomic E-state index is 12.0. The molecule has 1 atom stereocenters. The molecule has 0 aliphatic carbocycles. The molecule has 1 fully saturated rings. The highest BCUT2D eigenvalue weighted by Crippen LogP contribution is 2.25. The van der Waals surface area contributed by atoms with Crippen molar-refractivity contribution in [3.8, 4) is 11.5 Å². The second-order valence-electron chi connectivity index (χ2n) is 6.08. The molecule has 25 heavy (non-hydrogen) atoms. The predicted molar refractivity (Wildman–Crippen MR) is 99.9 cm³/mol. The average Bonchev–Trinajstić information content (AvgIpc) is 2.94. The van der Waals surface area contributed by atoms with Crippen LogP contribution in [0.3, 0.4) is 0 Å². The number of hydrogen-bond acceptors (Lipinski definition) is 4. The summed E-state index contributed by atoms with van der Waals surface area (Å²) < 4.78 is 5.78. The van der Waals surface area contributed by atoms with Crippen LogP contribution in [0.15, 0.2) is 54.6 Å². The van der Waals surface area contributed by atoms with Crippen molar-refractivity contribution < 1.29 is 14.3 Å². The molecule has 1 aliphatic rings. The highest BCUT2D eigenvalue weighted by molar-refractivity contribution is 8.14. The van der Waals surface area contributed by atoms with E-state index in [9.17, 15) is 9.59 Å². The normalized spacial score (nSPS) is 16.9. The van der Waals surface area contributed by atoms with Gasteiger partial charge in [-0.2, -0.15) is 0 Å². The van der Waals surface area contributed by atoms with E-state index in [2.05, 4.69) is 0 Å². The van der Waals surface area contributed by atoms with E-state index in [1.54, 1.807) is 6.92 Å². The van der Waals surface area contributed by atoms with E-state index in [1.807, 2.05) is 59.5 Å². The third kappa shape index (κ3) is 5.10. The molecular formula is C20H21NO3S. The molecule has 0 saturated carbocycles. The quantitative estimate of drug-likeness (QED) is 0.788. The van der Waals surface area contributed by atoms with Gasteiger partial charge in [-0.1, -0.05) is 42.1 Å². The van der Waals surface area contributed by atoms with Gasteiger partial charge in [0.1, 0.15) is 11.5 Å². The van der Waals surface area contributed by atoms with E-state index >= 15 is 0 Å². The second kappa shape index (κ2) is 8.21. The van der Waals surface area contributed by atoms with Crippen LogP contribution in [0.25, 0.3) is 0 Å². The van der Waals surface area contributed by atoms with E-state index in [1.165, 1.54) is 11.8 Å². The van der Waals surface area contributed by atoms with Crippen LogP contribution in [0.4, 0.5) is 0 Å². The van der Waals surface area contributed by atoms with Crippen LogP contribution in [0.5, 0.6) is 11.5 Å². The first kappa shape index (κ1) is 17.5. The van der Waals surface area contributed by atoms with Crippen molar-refractivity contribution in [1.82, 2.24) is 4.90 Å². The Morgan fingerprint density at radius 2 is 1.80 bits per heavy atom. The Kier molecular flexibility index (Phi) is 5.76. The lowest BCUT2D eigenvalue weighted by Crippen LogP contribution is -2.27. The Balaban J connectivity index is 1.50. The number of rotatable bonds is 6. The fourth-order valence-electron chi connectivity index (χ4n) is 2.88. The lowest BCUT2D eigenvalue weighted by molar-refractivity contribution is -0.127. The highest BCUT2D eigenvalue weighted by Gasteiger charge is 2.30. The molecule has 0 spiro atoms. The molecule has 0 aromatic heterocycles. The van der Waals surface area contributed by atoms with Crippen molar-refractivity contribution in [3.63, 3.8) is 0 Å². The fraction of sp³-hybridized carbons (Fsp3) is 0.300. The van der Waals surface area contributed by atoms with Crippen LogP contribution in [0.2, 0.25) is 0 Å². The van der Waals surface area contributed by atoms with E-state index < -0.39 is 0 Å². The number of thioether (sulfide) groups is 1. The number of likely N-dealkylation sites (tertiary alicyclic amines) is 1. The molecule has 130 valence electrons. The molecule has 1 amide bonds. The Bertz CT molecular complexity index is 730. The number of carbonyl (C=O) groups is 2. The molecule has 1 unspecified atom stereocenters. The molecule has 2 aromatic carbocycles. The zero-order valence-corrected chi connectivity index (χ0v) is 15.0. The summed E-state index contributed by atoms with van der Waals surface area (Å²) in [4.78, 5) is 25.1. The SMILES string of the molecule is CC(=O)SC1CC(=O)N(CCc2ccc(Oc3ccccc3)cc2)C1. The molecule has 1 aliphatic heterocycles. The molecule has 1 heterocycles. The first-order chi connectivity index (χ1) is 12.1. The second-order valence-corrected chi connectivity index (χ2v) is 7.56. The first-order valence-electron chi connectivity index (χ1n) is 8.37. The van der Waals surface area contributed by atoms with Gasteiger partial charge in [0, 0.05) is 31.7 Å². The van der Waals surface area contributed by atoms with Crippen molar-refractivity contribution in [2.75, 3.05) is 13.1 Å². The minimum Gasteiger partial charge on any atom is -0.457 e. The van der Waals surface area contributed by atoms with Gasteiger partial charge in [-0.05, 0) is 36.2 Å². The molecule has 3 rings (SSSR count). The third-order valence-electron chi connectivity index (χ3n) is 4.08. The third-order valence-corrected chi connectivity index (χ3v) is 5.07. The fourth-order valence-corrected chi connectivity index (χ4v) is 3.83. The Labute approximate surface area is 152 Å². The number of nitrogens with zero attached hydrogens (tertiary/aromatic N) is 1. The van der Waals surface area contributed by atoms with Crippen LogP contribution in [-0.2, 0) is 16.0 Å². The van der Waals surface area contributed by atoms with Crippen LogP contribution < -0.4 is 4.74 Å². The molecule has 0 bridgehead atoms. The van der Waals surface area contributed by atoms with Gasteiger partial charge in [-0.15, -0.1) is 0 Å². The van der Waals surface area contributed by atoms with Gasteiger partial charge in [0.15, 0.2) is 5.12 Å². The predicted octanol–water partition coefficient (Wildman–Crippen LogP) is 3.90. The zero-order valence-electron chi connectivity index (χ0n) is 14.2. The van der Waals surface area contributed by atoms with E-state index in [-0.39, 0.29) is 16.3 Å². The maximum absolute atomic E-state index is 12.0. The Morgan fingerprint density at radius 1 is 1.12 bits per heavy atom. The average molecular weight is 355 g/mol. The van der Waals surface area contributed by atoms with Gasteiger partial charge >= 0.3 is 0 Å². The Hall–Kier alpha value is -2.27. The number of carbonyl (C=O) groups excluding carboxylic acids is 2. The number of benzene rings is 2. The molecule has 1 saturated heterocycles. The summed E-state index contributed by atoms with van der Waals surface area (Å²) >= 11 is 1.28. The highest BCUT2D eigenvalue weighted by atomic mass is 32.2. The summed E-state index contributed by atoms with van der Waals surface area (Å²) in [6, 6.07) is 17.6. The molecule has 5 heteroatoms. The molecule has 0 N–H and O–H groups in total. The summed E-state index contributed by atoms with van der Waals surface area (Å²) in [5.41, 5.74) is 1.16. The smallest absolute Gasteiger partial charge is 0.223 e. The van der Waals surface area contributed by atoms with Crippen molar-refractivity contribution in [1.29, 1.82) is 0 Å². The van der Waals surface area contributed by atoms with E-state index in [0.717, 1.165) is 23.5 Å². The molecular weight excluding hydrogens is 334 g/mol. The summed E-state index contributed by atoms with van der Waals surface area (Å²) in [7, 11) is 0. The van der Waals surface area contributed by atoms with Crippen molar-refractivity contribution in [2.45, 2.75) is 25.0 Å². The van der Waals surface area contributed by atoms with E-state index in [4.69, 9.17) is 4.74 Å². The van der Waals surface area contributed by atoms with Gasteiger partial charge in [0.25, 0.3) is 0 Å². The van der Waals surface area contributed by atoms with Crippen LogP contribution in [-0.4, -0.2) is 34.3 Å². The van der Waals surface area contributed by atoms with Crippen LogP contribution in [0.1, 0.15) is 18.9 Å². The summed E-state index contributed by atoms with van der Waals surface area (Å²) in [5, 5.41) is 0.181. The van der Waals surface area contributed by atoms with Gasteiger partial charge < -0.3 is 9.64 Å². The first-order valence-corrected chi connectivity index (χ1v) is 9.25. The van der Waals surface area contributed by atoms with Crippen molar-refractivity contribution in [2.24, 2.45) is 0 Å². The Morgan fingerprint density at radius 3 is 2.48 bits per heavy atom. The lowest BCUT2D eigenvalue weighted by Gasteiger charge is -2.16. The standard InChI is InChI=1S/C20H21NO3S/c1-15(22)25-19-13-20(23)21(14-19)12-11-16-7-9-18(10-8-16)24-17-5-3-2-4-6-17/h2-10,19H,11-14H2,1H3. The number of ether oxygens (including phenoxy) is 1. The summed E-state index contributed by atoms with van der Waals surface area (Å²) in [6.45, 7) is 2.90. The van der Waals surface area contributed by atoms with Gasteiger partial charge in [0.2, 0.25) is 5.91 Å². The number of hydrogen-bond donors (Lipinski definition) is 0. The largest absolute Gasteiger partial charge is 0.457 e. The topological polar surface area (TPSA) is 46.6 Å². The molecule has 2 aromatic rings. The van der Waals surface area contributed by atoms with Gasteiger partial charge in [-0.25, -0.2) is 0 Å². The molecule has 0 radical (unpaired) electrons. The summed E-state index contributed by atoms with van der Waals surface area (Å²) in [6.07, 6.45) is 1.27. The lowest BCUT2D eigenvalue weighted by atomic mass is 10.1. The molecule has 4 nitrogen and oxygen atoms in total. The maximum Gasteiger partial charge on any atom is 0.223 e. The minimum absolute atomic E-state index is 0.0775. The van der Waals surface area contributed by atoms with E-state index in [0.29, 0.717) is 19.5 Å². The monoisotopic (exact) mass is 355 g/mol. The summed E-state index contributed by atoms with van der Waals surface area (Å²) in [5.74, 6) is 1.75. The van der Waals surface area contributed by atoms with Gasteiger partial charge in [0.05, 0.1) is 0 Å². The van der Waals surface area contributed by atoms with Crippen LogP contribution in [0, 0.1) is 0 Å².